The van der Waals surface area contributed by atoms with Crippen LogP contribution in [0.1, 0.15) is 37.4 Å². The van der Waals surface area contributed by atoms with Gasteiger partial charge in [0.25, 0.3) is 0 Å². The predicted octanol–water partition coefficient (Wildman–Crippen LogP) is 3.73. The van der Waals surface area contributed by atoms with E-state index in [1.54, 1.807) is 0 Å². The van der Waals surface area contributed by atoms with Gasteiger partial charge in [0.2, 0.25) is 0 Å². The zero-order valence-corrected chi connectivity index (χ0v) is 11.8. The minimum Gasteiger partial charge on any atom is -0.388 e. The third kappa shape index (κ3) is 2.87. The fraction of sp³-hybridized carbons (Fsp3) is 0.636. The number of nitrogens with zero attached hydrogens (tertiary/aromatic N) is 2. The van der Waals surface area contributed by atoms with Crippen molar-refractivity contribution in [1.29, 1.82) is 0 Å². The van der Waals surface area contributed by atoms with E-state index in [0.29, 0.717) is 10.7 Å². The molecule has 0 aliphatic heterocycles. The molecule has 0 spiro atoms. The lowest BCUT2D eigenvalue weighted by atomic mass is 9.96. The van der Waals surface area contributed by atoms with Gasteiger partial charge in [0.1, 0.15) is 10.3 Å². The highest BCUT2D eigenvalue weighted by molar-refractivity contribution is 7.98. The summed E-state index contributed by atoms with van der Waals surface area (Å²) in [6.07, 6.45) is 5.54. The third-order valence-corrected chi connectivity index (χ3v) is 4.28. The van der Waals surface area contributed by atoms with E-state index in [-0.39, 0.29) is 16.2 Å². The predicted molar refractivity (Wildman–Crippen MR) is 70.8 cm³/mol. The molecule has 94 valence electrons. The summed E-state index contributed by atoms with van der Waals surface area (Å²) in [7, 11) is 0. The van der Waals surface area contributed by atoms with Crippen molar-refractivity contribution in [1.82, 2.24) is 9.97 Å². The van der Waals surface area contributed by atoms with Crippen molar-refractivity contribution in [2.24, 2.45) is 5.92 Å². The summed E-state index contributed by atoms with van der Waals surface area (Å²) in [4.78, 5) is 8.24. The monoisotopic (exact) mass is 292 g/mol. The van der Waals surface area contributed by atoms with E-state index in [0.717, 1.165) is 25.7 Å². The van der Waals surface area contributed by atoms with E-state index in [2.05, 4.69) is 9.97 Å². The molecule has 0 saturated heterocycles. The van der Waals surface area contributed by atoms with Crippen LogP contribution in [0.4, 0.5) is 0 Å². The summed E-state index contributed by atoms with van der Waals surface area (Å²) in [6.45, 7) is 0. The Bertz CT molecular complexity index is 387. The van der Waals surface area contributed by atoms with Crippen molar-refractivity contribution in [2.75, 3.05) is 6.26 Å². The Kier molecular flexibility index (Phi) is 4.53. The molecule has 1 aliphatic carbocycles. The fourth-order valence-electron chi connectivity index (χ4n) is 2.24. The molecule has 1 aromatic rings. The number of aliphatic hydroxyl groups is 1. The number of halogens is 2. The molecule has 1 fully saturated rings. The number of hydrogen-bond acceptors (Lipinski definition) is 4. The van der Waals surface area contributed by atoms with Gasteiger partial charge in [0.15, 0.2) is 5.16 Å². The number of rotatable bonds is 3. The minimum absolute atomic E-state index is 0.230. The highest BCUT2D eigenvalue weighted by Crippen LogP contribution is 2.40. The Labute approximate surface area is 115 Å². The largest absolute Gasteiger partial charge is 0.388 e. The molecule has 0 aromatic carbocycles. The first kappa shape index (κ1) is 13.4. The van der Waals surface area contributed by atoms with Crippen molar-refractivity contribution in [3.05, 3.63) is 15.9 Å². The maximum atomic E-state index is 10.3. The van der Waals surface area contributed by atoms with Gasteiger partial charge in [-0.1, -0.05) is 47.8 Å². The molecule has 1 atom stereocenters. The van der Waals surface area contributed by atoms with Crippen LogP contribution in [-0.4, -0.2) is 21.3 Å². The smallest absolute Gasteiger partial charge is 0.190 e. The van der Waals surface area contributed by atoms with Crippen LogP contribution in [0, 0.1) is 5.92 Å². The molecule has 17 heavy (non-hydrogen) atoms. The van der Waals surface area contributed by atoms with Gasteiger partial charge in [0.05, 0.1) is 11.7 Å². The Morgan fingerprint density at radius 2 is 1.76 bits per heavy atom. The molecule has 1 heterocycles. The average molecular weight is 293 g/mol. The highest BCUT2D eigenvalue weighted by Gasteiger charge is 2.29. The Morgan fingerprint density at radius 3 is 2.24 bits per heavy atom. The van der Waals surface area contributed by atoms with E-state index in [9.17, 15) is 5.11 Å². The van der Waals surface area contributed by atoms with Crippen molar-refractivity contribution < 1.29 is 5.11 Å². The molecule has 1 N–H and O–H groups in total. The van der Waals surface area contributed by atoms with E-state index in [1.807, 2.05) is 6.26 Å². The quantitative estimate of drug-likeness (QED) is 0.524. The molecule has 1 aliphatic rings. The van der Waals surface area contributed by atoms with Crippen molar-refractivity contribution in [3.8, 4) is 0 Å². The van der Waals surface area contributed by atoms with Gasteiger partial charge in [-0.3, -0.25) is 0 Å². The Balaban J connectivity index is 2.30. The van der Waals surface area contributed by atoms with Gasteiger partial charge in [-0.25, -0.2) is 9.97 Å². The SMILES string of the molecule is CSc1nc(Cl)c(C(O)C2CCCC2)c(Cl)n1. The van der Waals surface area contributed by atoms with Crippen LogP contribution in [0.2, 0.25) is 10.3 Å². The first-order valence-electron chi connectivity index (χ1n) is 5.58. The van der Waals surface area contributed by atoms with E-state index < -0.39 is 6.10 Å². The van der Waals surface area contributed by atoms with E-state index in [4.69, 9.17) is 23.2 Å². The average Bonchev–Trinajstić information content (AvgIpc) is 2.81. The number of aromatic nitrogens is 2. The second kappa shape index (κ2) is 5.74. The van der Waals surface area contributed by atoms with Gasteiger partial charge in [-0.2, -0.15) is 0 Å². The molecule has 1 aromatic heterocycles. The molecule has 6 heteroatoms. The molecular weight excluding hydrogens is 279 g/mol. The van der Waals surface area contributed by atoms with Crippen LogP contribution in [0.25, 0.3) is 0 Å². The van der Waals surface area contributed by atoms with Crippen molar-refractivity contribution in [2.45, 2.75) is 36.9 Å². The zero-order valence-electron chi connectivity index (χ0n) is 9.49. The molecular formula is C11H14Cl2N2OS. The summed E-state index contributed by atoms with van der Waals surface area (Å²) in [6, 6.07) is 0. The van der Waals surface area contributed by atoms with E-state index in [1.165, 1.54) is 11.8 Å². The highest BCUT2D eigenvalue weighted by atomic mass is 35.5. The Morgan fingerprint density at radius 1 is 1.24 bits per heavy atom. The fourth-order valence-corrected chi connectivity index (χ4v) is 3.32. The van der Waals surface area contributed by atoms with Crippen molar-refractivity contribution in [3.63, 3.8) is 0 Å². The minimum atomic E-state index is -0.645. The molecule has 2 rings (SSSR count). The molecule has 0 amide bonds. The van der Waals surface area contributed by atoms with E-state index >= 15 is 0 Å². The third-order valence-electron chi connectivity index (χ3n) is 3.16. The lowest BCUT2D eigenvalue weighted by Crippen LogP contribution is -2.12. The maximum absolute atomic E-state index is 10.3. The van der Waals surface area contributed by atoms with Gasteiger partial charge in [-0.05, 0) is 25.0 Å². The van der Waals surface area contributed by atoms with Gasteiger partial charge in [-0.15, -0.1) is 0 Å². The van der Waals surface area contributed by atoms with Crippen LogP contribution in [0.15, 0.2) is 5.16 Å². The lowest BCUT2D eigenvalue weighted by Gasteiger charge is -2.19. The van der Waals surface area contributed by atoms with Crippen LogP contribution in [0.3, 0.4) is 0 Å². The van der Waals surface area contributed by atoms with Gasteiger partial charge >= 0.3 is 0 Å². The molecule has 1 unspecified atom stereocenters. The number of aliphatic hydroxyl groups excluding tert-OH is 1. The van der Waals surface area contributed by atoms with Crippen LogP contribution >= 0.6 is 35.0 Å². The standard InChI is InChI=1S/C11H14Cl2N2OS/c1-17-11-14-9(12)7(10(13)15-11)8(16)6-4-2-3-5-6/h6,8,16H,2-5H2,1H3. The second-order valence-electron chi connectivity index (χ2n) is 4.19. The number of thioether (sulfide) groups is 1. The van der Waals surface area contributed by atoms with Crippen LogP contribution in [-0.2, 0) is 0 Å². The van der Waals surface area contributed by atoms with Gasteiger partial charge < -0.3 is 5.11 Å². The topological polar surface area (TPSA) is 46.0 Å². The first-order valence-corrected chi connectivity index (χ1v) is 7.56. The molecule has 1 saturated carbocycles. The summed E-state index contributed by atoms with van der Waals surface area (Å²) in [5, 5.41) is 11.4. The summed E-state index contributed by atoms with van der Waals surface area (Å²) < 4.78 is 0. The normalized spacial score (nSPS) is 18.6. The molecule has 0 radical (unpaired) electrons. The van der Waals surface area contributed by atoms with Crippen LogP contribution < -0.4 is 0 Å². The summed E-state index contributed by atoms with van der Waals surface area (Å²) >= 11 is 13.5. The first-order chi connectivity index (χ1) is 8.13. The maximum Gasteiger partial charge on any atom is 0.190 e. The Hall–Kier alpha value is -0.0300. The molecule has 0 bridgehead atoms. The second-order valence-corrected chi connectivity index (χ2v) is 5.68. The zero-order chi connectivity index (χ0) is 12.4. The van der Waals surface area contributed by atoms with Crippen molar-refractivity contribution >= 4 is 35.0 Å². The summed E-state index contributed by atoms with van der Waals surface area (Å²) in [5.41, 5.74) is 0.484. The number of hydrogen-bond donors (Lipinski definition) is 1. The lowest BCUT2D eigenvalue weighted by molar-refractivity contribution is 0.111. The van der Waals surface area contributed by atoms with Gasteiger partial charge in [0, 0.05) is 0 Å². The van der Waals surface area contributed by atoms with Crippen LogP contribution in [0.5, 0.6) is 0 Å². The molecule has 3 nitrogen and oxygen atoms in total. The summed E-state index contributed by atoms with van der Waals surface area (Å²) in [5.74, 6) is 0.230.